The van der Waals surface area contributed by atoms with E-state index in [1.54, 1.807) is 26.1 Å². The average Bonchev–Trinajstić information content (AvgIpc) is 3.21. The first kappa shape index (κ1) is 27.3. The number of hydrogen-bond acceptors (Lipinski definition) is 6. The lowest BCUT2D eigenvalue weighted by Crippen LogP contribution is -2.57. The van der Waals surface area contributed by atoms with Gasteiger partial charge < -0.3 is 36.9 Å². The molecule has 12 heteroatoms. The molecule has 2 aromatic rings. The molecule has 0 fully saturated rings. The van der Waals surface area contributed by atoms with Crippen molar-refractivity contribution in [2.24, 2.45) is 11.7 Å². The summed E-state index contributed by atoms with van der Waals surface area (Å²) in [7, 11) is 0. The maximum absolute atomic E-state index is 13.0. The zero-order valence-electron chi connectivity index (χ0n) is 19.5. The first-order valence-corrected chi connectivity index (χ1v) is 11.1. The van der Waals surface area contributed by atoms with Crippen molar-refractivity contribution >= 4 is 40.6 Å². The van der Waals surface area contributed by atoms with Crippen LogP contribution in [0.3, 0.4) is 0 Å². The number of benzene rings is 1. The van der Waals surface area contributed by atoms with Gasteiger partial charge in [0.25, 0.3) is 0 Å². The number of fused-ring (bicyclic) bond motifs is 1. The molecule has 3 amide bonds. The monoisotopic (exact) mass is 489 g/mol. The molecule has 0 saturated carbocycles. The highest BCUT2D eigenvalue weighted by molar-refractivity contribution is 5.94. The van der Waals surface area contributed by atoms with Crippen molar-refractivity contribution in [3.63, 3.8) is 0 Å². The summed E-state index contributed by atoms with van der Waals surface area (Å²) in [5, 5.41) is 26.9. The predicted molar refractivity (Wildman–Crippen MR) is 126 cm³/mol. The second kappa shape index (κ2) is 12.5. The van der Waals surface area contributed by atoms with Gasteiger partial charge in [0, 0.05) is 29.9 Å². The molecule has 0 spiro atoms. The van der Waals surface area contributed by atoms with Crippen LogP contribution in [0.4, 0.5) is 0 Å². The highest BCUT2D eigenvalue weighted by atomic mass is 16.4. The van der Waals surface area contributed by atoms with Crippen LogP contribution in [0, 0.1) is 5.92 Å². The molecule has 0 saturated heterocycles. The second-order valence-corrected chi connectivity index (χ2v) is 8.45. The van der Waals surface area contributed by atoms with Crippen LogP contribution in [-0.4, -0.2) is 69.5 Å². The zero-order valence-corrected chi connectivity index (χ0v) is 19.5. The lowest BCUT2D eigenvalue weighted by atomic mass is 10.0. The topological polar surface area (TPSA) is 204 Å². The molecular formula is C23H31N5O7. The second-order valence-electron chi connectivity index (χ2n) is 8.45. The quantitative estimate of drug-likeness (QED) is 0.199. The fourth-order valence-electron chi connectivity index (χ4n) is 3.56. The Balaban J connectivity index is 2.19. The van der Waals surface area contributed by atoms with E-state index >= 15 is 0 Å². The molecule has 0 aliphatic heterocycles. The van der Waals surface area contributed by atoms with Crippen molar-refractivity contribution in [3.8, 4) is 0 Å². The smallest absolute Gasteiger partial charge is 0.326 e. The van der Waals surface area contributed by atoms with E-state index in [9.17, 15) is 29.1 Å². The number of carbonyl (C=O) groups is 5. The first-order chi connectivity index (χ1) is 16.5. The van der Waals surface area contributed by atoms with E-state index in [4.69, 9.17) is 10.8 Å². The van der Waals surface area contributed by atoms with Crippen molar-refractivity contribution in [1.29, 1.82) is 0 Å². The van der Waals surface area contributed by atoms with Crippen LogP contribution in [-0.2, 0) is 30.4 Å². The maximum Gasteiger partial charge on any atom is 0.326 e. The number of carbonyl (C=O) groups excluding carboxylic acids is 3. The maximum atomic E-state index is 13.0. The number of rotatable bonds is 13. The molecule has 0 radical (unpaired) electrons. The van der Waals surface area contributed by atoms with Crippen LogP contribution < -0.4 is 21.7 Å². The Kier molecular flexibility index (Phi) is 9.76. The molecule has 1 heterocycles. The third-order valence-electron chi connectivity index (χ3n) is 5.44. The fourth-order valence-corrected chi connectivity index (χ4v) is 3.56. The van der Waals surface area contributed by atoms with Crippen LogP contribution in [0.2, 0.25) is 0 Å². The third-order valence-corrected chi connectivity index (χ3v) is 5.44. The van der Waals surface area contributed by atoms with Crippen LogP contribution in [0.15, 0.2) is 30.5 Å². The van der Waals surface area contributed by atoms with E-state index in [2.05, 4.69) is 20.9 Å². The van der Waals surface area contributed by atoms with Crippen LogP contribution in [0.5, 0.6) is 0 Å². The highest BCUT2D eigenvalue weighted by Crippen LogP contribution is 2.19. The Hall–Kier alpha value is -3.93. The standard InChI is InChI=1S/C23H31N5O7/c1-12(2)20(28-18(29)10-24)22(33)26-16(7-8-19(30)31)21(32)27-17(23(34)35)9-13-11-25-15-6-4-3-5-14(13)15/h3-6,11-12,16-17,20,25H,7-10,24H2,1-2H3,(H,26,33)(H,27,32)(H,28,29)(H,30,31)(H,34,35). The van der Waals surface area contributed by atoms with E-state index in [1.807, 2.05) is 18.2 Å². The molecule has 12 nitrogen and oxygen atoms in total. The number of carboxylic acid groups (broad SMARTS) is 2. The van der Waals surface area contributed by atoms with Gasteiger partial charge in [-0.1, -0.05) is 32.0 Å². The third kappa shape index (κ3) is 7.81. The number of nitrogens with two attached hydrogens (primary N) is 1. The zero-order chi connectivity index (χ0) is 26.1. The van der Waals surface area contributed by atoms with Crippen molar-refractivity contribution in [2.45, 2.75) is 51.2 Å². The summed E-state index contributed by atoms with van der Waals surface area (Å²) < 4.78 is 0. The number of para-hydroxylation sites is 1. The van der Waals surface area contributed by atoms with E-state index in [0.29, 0.717) is 5.56 Å². The molecule has 190 valence electrons. The Labute approximate surface area is 201 Å². The number of aliphatic carboxylic acids is 2. The predicted octanol–water partition coefficient (Wildman–Crippen LogP) is -0.271. The minimum Gasteiger partial charge on any atom is -0.481 e. The summed E-state index contributed by atoms with van der Waals surface area (Å²) in [6.07, 6.45) is 0.901. The summed E-state index contributed by atoms with van der Waals surface area (Å²) in [5.74, 6) is -4.97. The fraction of sp³-hybridized carbons (Fsp3) is 0.435. The van der Waals surface area contributed by atoms with E-state index in [1.165, 1.54) is 0 Å². The summed E-state index contributed by atoms with van der Waals surface area (Å²) in [4.78, 5) is 63.5. The largest absolute Gasteiger partial charge is 0.481 e. The highest BCUT2D eigenvalue weighted by Gasteiger charge is 2.31. The van der Waals surface area contributed by atoms with Crippen molar-refractivity contribution in [1.82, 2.24) is 20.9 Å². The van der Waals surface area contributed by atoms with Crippen LogP contribution >= 0.6 is 0 Å². The van der Waals surface area contributed by atoms with Gasteiger partial charge in [-0.2, -0.15) is 0 Å². The normalized spacial score (nSPS) is 13.6. The molecular weight excluding hydrogens is 458 g/mol. The van der Waals surface area contributed by atoms with Gasteiger partial charge in [-0.15, -0.1) is 0 Å². The van der Waals surface area contributed by atoms with Gasteiger partial charge in [0.15, 0.2) is 0 Å². The number of hydrogen-bond donors (Lipinski definition) is 7. The molecule has 35 heavy (non-hydrogen) atoms. The molecule has 2 rings (SSSR count). The van der Waals surface area contributed by atoms with E-state index < -0.39 is 54.2 Å². The summed E-state index contributed by atoms with van der Waals surface area (Å²) in [5.41, 5.74) is 6.77. The summed E-state index contributed by atoms with van der Waals surface area (Å²) in [6.45, 7) is 3.01. The van der Waals surface area contributed by atoms with Gasteiger partial charge in [0.1, 0.15) is 18.1 Å². The van der Waals surface area contributed by atoms with Crippen LogP contribution in [0.25, 0.3) is 10.9 Å². The van der Waals surface area contributed by atoms with Gasteiger partial charge >= 0.3 is 11.9 Å². The molecule has 0 bridgehead atoms. The first-order valence-electron chi connectivity index (χ1n) is 11.1. The SMILES string of the molecule is CC(C)C(NC(=O)CN)C(=O)NC(CCC(=O)O)C(=O)NC(Cc1c[nH]c2ccccc12)C(=O)O. The van der Waals surface area contributed by atoms with Gasteiger partial charge in [-0.05, 0) is 24.0 Å². The van der Waals surface area contributed by atoms with Crippen molar-refractivity contribution in [2.75, 3.05) is 6.54 Å². The van der Waals surface area contributed by atoms with Gasteiger partial charge in [0.2, 0.25) is 17.7 Å². The number of aromatic nitrogens is 1. The molecule has 0 aliphatic rings. The Morgan fingerprint density at radius 3 is 2.23 bits per heavy atom. The minimum absolute atomic E-state index is 0.0359. The van der Waals surface area contributed by atoms with Crippen molar-refractivity contribution < 1.29 is 34.2 Å². The molecule has 1 aromatic carbocycles. The van der Waals surface area contributed by atoms with Gasteiger partial charge in [-0.3, -0.25) is 19.2 Å². The number of carboxylic acids is 2. The Bertz CT molecular complexity index is 1080. The molecule has 1 aromatic heterocycles. The lowest BCUT2D eigenvalue weighted by Gasteiger charge is -2.26. The number of amides is 3. The number of nitrogens with one attached hydrogen (secondary N) is 4. The van der Waals surface area contributed by atoms with Gasteiger partial charge in [0.05, 0.1) is 6.54 Å². The Morgan fingerprint density at radius 1 is 0.971 bits per heavy atom. The lowest BCUT2D eigenvalue weighted by molar-refractivity contribution is -0.143. The molecule has 3 atom stereocenters. The number of aromatic amines is 1. The van der Waals surface area contributed by atoms with E-state index in [-0.39, 0.29) is 25.3 Å². The summed E-state index contributed by atoms with van der Waals surface area (Å²) in [6, 6.07) is 3.60. The molecule has 0 aliphatic carbocycles. The molecule has 8 N–H and O–H groups in total. The van der Waals surface area contributed by atoms with Crippen LogP contribution in [0.1, 0.15) is 32.3 Å². The summed E-state index contributed by atoms with van der Waals surface area (Å²) >= 11 is 0. The van der Waals surface area contributed by atoms with Gasteiger partial charge in [-0.25, -0.2) is 4.79 Å². The minimum atomic E-state index is -1.33. The van der Waals surface area contributed by atoms with Crippen molar-refractivity contribution in [3.05, 3.63) is 36.0 Å². The Morgan fingerprint density at radius 2 is 1.63 bits per heavy atom. The average molecular weight is 490 g/mol. The van der Waals surface area contributed by atoms with E-state index in [0.717, 1.165) is 10.9 Å². The number of H-pyrrole nitrogens is 1. The molecule has 3 unspecified atom stereocenters.